The summed E-state index contributed by atoms with van der Waals surface area (Å²) in [7, 11) is 0. The topological polar surface area (TPSA) is 55.5 Å². The molecule has 0 fully saturated rings. The Labute approximate surface area is 86.3 Å². The first kappa shape index (κ1) is 13.2. The highest BCUT2D eigenvalue weighted by atomic mass is 16.6. The lowest BCUT2D eigenvalue weighted by Crippen LogP contribution is -2.11. The zero-order chi connectivity index (χ0) is 11.1. The molecular weight excluding hydrogens is 178 g/mol. The molecule has 1 atom stereocenters. The van der Waals surface area contributed by atoms with Crippen LogP contribution in [0.15, 0.2) is 22.9 Å². The molecule has 0 amide bonds. The summed E-state index contributed by atoms with van der Waals surface area (Å²) in [4.78, 5) is 0. The highest BCUT2D eigenvalue weighted by Gasteiger charge is 2.05. The van der Waals surface area contributed by atoms with Crippen molar-refractivity contribution in [2.75, 3.05) is 6.79 Å². The van der Waals surface area contributed by atoms with Gasteiger partial charge in [-0.2, -0.15) is 0 Å². The van der Waals surface area contributed by atoms with Crippen molar-refractivity contribution < 1.29 is 9.84 Å². The zero-order valence-electron chi connectivity index (χ0n) is 9.50. The first-order valence-corrected chi connectivity index (χ1v) is 4.88. The predicted octanol–water partition coefficient (Wildman–Crippen LogP) is 1.93. The lowest BCUT2D eigenvalue weighted by molar-refractivity contribution is -0.0282. The minimum atomic E-state index is -0.251. The summed E-state index contributed by atoms with van der Waals surface area (Å²) >= 11 is 0. The van der Waals surface area contributed by atoms with Crippen molar-refractivity contribution in [1.29, 1.82) is 0 Å². The molecule has 0 aromatic rings. The molecule has 14 heavy (non-hydrogen) atoms. The van der Waals surface area contributed by atoms with E-state index in [1.54, 1.807) is 0 Å². The summed E-state index contributed by atoms with van der Waals surface area (Å²) in [5.74, 6) is 0. The van der Waals surface area contributed by atoms with Gasteiger partial charge in [0, 0.05) is 5.70 Å². The minimum absolute atomic E-state index is 0.0686. The maximum absolute atomic E-state index is 8.61. The number of hydrogen-bond acceptors (Lipinski definition) is 3. The van der Waals surface area contributed by atoms with Gasteiger partial charge in [0.1, 0.15) is 6.79 Å². The van der Waals surface area contributed by atoms with E-state index in [2.05, 4.69) is 0 Å². The zero-order valence-corrected chi connectivity index (χ0v) is 9.50. The van der Waals surface area contributed by atoms with Gasteiger partial charge in [-0.15, -0.1) is 0 Å². The molecule has 0 aromatic carbocycles. The van der Waals surface area contributed by atoms with Crippen molar-refractivity contribution in [2.45, 2.75) is 40.2 Å². The number of ether oxygens (including phenoxy) is 1. The summed E-state index contributed by atoms with van der Waals surface area (Å²) in [6.45, 7) is 7.65. The molecule has 0 aliphatic rings. The van der Waals surface area contributed by atoms with Crippen molar-refractivity contribution in [1.82, 2.24) is 0 Å². The molecule has 0 aromatic heterocycles. The van der Waals surface area contributed by atoms with E-state index in [-0.39, 0.29) is 12.9 Å². The molecule has 0 heterocycles. The molecule has 3 nitrogen and oxygen atoms in total. The molecule has 0 saturated heterocycles. The molecule has 0 aliphatic heterocycles. The van der Waals surface area contributed by atoms with Gasteiger partial charge in [-0.3, -0.25) is 0 Å². The smallest absolute Gasteiger partial charge is 0.144 e. The SMILES string of the molecule is CC/C(N)=C\C(C)=C(/C)[C@@H](C)OCO. The van der Waals surface area contributed by atoms with Crippen molar-refractivity contribution in [3.8, 4) is 0 Å². The van der Waals surface area contributed by atoms with Crippen LogP contribution in [0.4, 0.5) is 0 Å². The Morgan fingerprint density at radius 3 is 2.50 bits per heavy atom. The van der Waals surface area contributed by atoms with Gasteiger partial charge in [-0.05, 0) is 44.4 Å². The van der Waals surface area contributed by atoms with E-state index in [9.17, 15) is 0 Å². The highest BCUT2D eigenvalue weighted by Crippen LogP contribution is 2.13. The molecule has 3 heteroatoms. The summed E-state index contributed by atoms with van der Waals surface area (Å²) in [6.07, 6.45) is 2.73. The fourth-order valence-electron chi connectivity index (χ4n) is 1.05. The van der Waals surface area contributed by atoms with Gasteiger partial charge in [0.15, 0.2) is 0 Å². The third-order valence-corrected chi connectivity index (χ3v) is 2.37. The summed E-state index contributed by atoms with van der Waals surface area (Å²) in [6, 6.07) is 0. The number of allylic oxidation sites excluding steroid dienone is 3. The monoisotopic (exact) mass is 199 g/mol. The average Bonchev–Trinajstić information content (AvgIpc) is 2.16. The lowest BCUT2D eigenvalue weighted by atomic mass is 10.1. The van der Waals surface area contributed by atoms with Crippen molar-refractivity contribution >= 4 is 0 Å². The van der Waals surface area contributed by atoms with Crippen LogP contribution in [0.5, 0.6) is 0 Å². The minimum Gasteiger partial charge on any atom is -0.402 e. The Morgan fingerprint density at radius 1 is 1.50 bits per heavy atom. The Bertz CT molecular complexity index is 231. The third-order valence-electron chi connectivity index (χ3n) is 2.37. The normalized spacial score (nSPS) is 16.5. The van der Waals surface area contributed by atoms with E-state index in [0.717, 1.165) is 23.3 Å². The summed E-state index contributed by atoms with van der Waals surface area (Å²) in [5, 5.41) is 8.61. The summed E-state index contributed by atoms with van der Waals surface area (Å²) in [5.41, 5.74) is 8.78. The second-order valence-corrected chi connectivity index (χ2v) is 3.38. The molecule has 0 unspecified atom stereocenters. The van der Waals surface area contributed by atoms with Crippen LogP contribution in [0.3, 0.4) is 0 Å². The van der Waals surface area contributed by atoms with Gasteiger partial charge < -0.3 is 15.6 Å². The van der Waals surface area contributed by atoms with Gasteiger partial charge in [0.25, 0.3) is 0 Å². The maximum Gasteiger partial charge on any atom is 0.144 e. The van der Waals surface area contributed by atoms with Gasteiger partial charge in [0.05, 0.1) is 6.10 Å². The Morgan fingerprint density at radius 2 is 2.07 bits per heavy atom. The van der Waals surface area contributed by atoms with Crippen molar-refractivity contribution in [3.05, 3.63) is 22.9 Å². The quantitative estimate of drug-likeness (QED) is 0.525. The van der Waals surface area contributed by atoms with Crippen LogP contribution in [0.2, 0.25) is 0 Å². The Hall–Kier alpha value is -0.800. The lowest BCUT2D eigenvalue weighted by Gasteiger charge is -2.13. The predicted molar refractivity (Wildman–Crippen MR) is 58.6 cm³/mol. The van der Waals surface area contributed by atoms with Crippen molar-refractivity contribution in [3.63, 3.8) is 0 Å². The average molecular weight is 199 g/mol. The standard InChI is InChI=1S/C11H21NO2/c1-5-11(12)6-8(2)9(3)10(4)14-7-13/h6,10,13H,5,7,12H2,1-4H3/b9-8+,11-6+/t10-/m1/s1. The van der Waals surface area contributed by atoms with Gasteiger partial charge in [-0.1, -0.05) is 6.92 Å². The van der Waals surface area contributed by atoms with E-state index in [0.29, 0.717) is 0 Å². The van der Waals surface area contributed by atoms with Gasteiger partial charge in [0.2, 0.25) is 0 Å². The molecule has 0 saturated carbocycles. The first-order valence-electron chi connectivity index (χ1n) is 4.88. The number of aliphatic hydroxyl groups is 1. The molecule has 0 radical (unpaired) electrons. The molecular formula is C11H21NO2. The van der Waals surface area contributed by atoms with Crippen LogP contribution >= 0.6 is 0 Å². The number of hydrogen-bond donors (Lipinski definition) is 2. The first-order chi connectivity index (χ1) is 6.52. The third kappa shape index (κ3) is 4.44. The van der Waals surface area contributed by atoms with E-state index in [1.165, 1.54) is 0 Å². The molecule has 82 valence electrons. The number of aliphatic hydroxyl groups excluding tert-OH is 1. The van der Waals surface area contributed by atoms with Crippen LogP contribution in [0.1, 0.15) is 34.1 Å². The Balaban J connectivity index is 4.57. The van der Waals surface area contributed by atoms with Gasteiger partial charge in [-0.25, -0.2) is 0 Å². The maximum atomic E-state index is 8.61. The van der Waals surface area contributed by atoms with Crippen LogP contribution in [0.25, 0.3) is 0 Å². The molecule has 0 bridgehead atoms. The molecule has 0 rings (SSSR count). The fourth-order valence-corrected chi connectivity index (χ4v) is 1.05. The van der Waals surface area contributed by atoms with E-state index < -0.39 is 0 Å². The van der Waals surface area contributed by atoms with Crippen LogP contribution in [0, 0.1) is 0 Å². The molecule has 3 N–H and O–H groups in total. The van der Waals surface area contributed by atoms with Gasteiger partial charge >= 0.3 is 0 Å². The largest absolute Gasteiger partial charge is 0.402 e. The fraction of sp³-hybridized carbons (Fsp3) is 0.636. The molecule has 0 aliphatic carbocycles. The van der Waals surface area contributed by atoms with Crippen LogP contribution in [-0.4, -0.2) is 18.0 Å². The van der Waals surface area contributed by atoms with E-state index in [1.807, 2.05) is 33.8 Å². The van der Waals surface area contributed by atoms with E-state index >= 15 is 0 Å². The Kier molecular flexibility index (Phi) is 6.25. The second-order valence-electron chi connectivity index (χ2n) is 3.38. The second kappa shape index (κ2) is 6.62. The van der Waals surface area contributed by atoms with Crippen LogP contribution in [-0.2, 0) is 4.74 Å². The van der Waals surface area contributed by atoms with Crippen molar-refractivity contribution in [2.24, 2.45) is 5.73 Å². The van der Waals surface area contributed by atoms with E-state index in [4.69, 9.17) is 15.6 Å². The molecule has 0 spiro atoms. The summed E-state index contributed by atoms with van der Waals surface area (Å²) < 4.78 is 5.07. The number of nitrogens with two attached hydrogens (primary N) is 1. The highest BCUT2D eigenvalue weighted by molar-refractivity contribution is 5.27. The number of rotatable bonds is 5. The van der Waals surface area contributed by atoms with Crippen LogP contribution < -0.4 is 5.73 Å².